The van der Waals surface area contributed by atoms with Gasteiger partial charge in [-0.05, 0) is 38.5 Å². The molecule has 3 unspecified atom stereocenters. The highest BCUT2D eigenvalue weighted by Crippen LogP contribution is 2.17. The van der Waals surface area contributed by atoms with E-state index in [0.717, 1.165) is 0 Å². The van der Waals surface area contributed by atoms with Crippen LogP contribution in [0.25, 0.3) is 0 Å². The van der Waals surface area contributed by atoms with Gasteiger partial charge in [0.2, 0.25) is 0 Å². The summed E-state index contributed by atoms with van der Waals surface area (Å²) in [7, 11) is 0. The molecule has 0 amide bonds. The molecule has 1 heteroatoms. The van der Waals surface area contributed by atoms with Crippen molar-refractivity contribution in [1.82, 2.24) is 0 Å². The molecule has 0 heterocycles. The first-order valence-electron chi connectivity index (χ1n) is 6.06. The summed E-state index contributed by atoms with van der Waals surface area (Å²) in [4.78, 5) is 4.65. The van der Waals surface area contributed by atoms with Crippen LogP contribution in [0.15, 0.2) is 16.6 Å². The molecule has 0 bridgehead atoms. The van der Waals surface area contributed by atoms with E-state index in [4.69, 9.17) is 0 Å². The van der Waals surface area contributed by atoms with Crippen LogP contribution in [0.1, 0.15) is 48.5 Å². The van der Waals surface area contributed by atoms with Gasteiger partial charge >= 0.3 is 0 Å². The fourth-order valence-electron chi connectivity index (χ4n) is 1.22. The van der Waals surface area contributed by atoms with Crippen molar-refractivity contribution >= 4 is 6.21 Å². The van der Waals surface area contributed by atoms with Gasteiger partial charge in [-0.2, -0.15) is 0 Å². The second kappa shape index (κ2) is 6.81. The lowest BCUT2D eigenvalue weighted by atomic mass is 9.95. The fraction of sp³-hybridized carbons (Fsp3) is 0.786. The molecule has 1 nitrogen and oxygen atoms in total. The minimum atomic E-state index is 0.391. The van der Waals surface area contributed by atoms with Crippen molar-refractivity contribution in [3.05, 3.63) is 11.6 Å². The third kappa shape index (κ3) is 5.15. The lowest BCUT2D eigenvalue weighted by Gasteiger charge is -2.18. The van der Waals surface area contributed by atoms with Crippen LogP contribution in [0.5, 0.6) is 0 Å². The molecule has 0 spiro atoms. The van der Waals surface area contributed by atoms with Gasteiger partial charge in [0.15, 0.2) is 0 Å². The predicted octanol–water partition coefficient (Wildman–Crippen LogP) is 4.34. The summed E-state index contributed by atoms with van der Waals surface area (Å²) in [6, 6.07) is 0.391. The number of rotatable bonds is 5. The van der Waals surface area contributed by atoms with Gasteiger partial charge in [0, 0.05) is 6.21 Å². The van der Waals surface area contributed by atoms with Gasteiger partial charge in [-0.25, -0.2) is 0 Å². The first kappa shape index (κ1) is 14.4. The minimum absolute atomic E-state index is 0.391. The Morgan fingerprint density at radius 1 is 1.07 bits per heavy atom. The second-order valence-electron chi connectivity index (χ2n) is 4.96. The van der Waals surface area contributed by atoms with Crippen molar-refractivity contribution in [3.63, 3.8) is 0 Å². The highest BCUT2D eigenvalue weighted by Gasteiger charge is 2.12. The van der Waals surface area contributed by atoms with Gasteiger partial charge in [-0.15, -0.1) is 0 Å². The molecular weight excluding hydrogens is 182 g/mol. The van der Waals surface area contributed by atoms with Crippen molar-refractivity contribution in [2.24, 2.45) is 22.7 Å². The van der Waals surface area contributed by atoms with Gasteiger partial charge in [-0.1, -0.05) is 39.3 Å². The maximum atomic E-state index is 4.65. The van der Waals surface area contributed by atoms with Crippen LogP contribution < -0.4 is 0 Å². The summed E-state index contributed by atoms with van der Waals surface area (Å²) in [5.41, 5.74) is 1.43. The molecule has 0 saturated carbocycles. The lowest BCUT2D eigenvalue weighted by Crippen LogP contribution is -2.15. The van der Waals surface area contributed by atoms with E-state index in [2.05, 4.69) is 65.7 Å². The highest BCUT2D eigenvalue weighted by atomic mass is 14.8. The second-order valence-corrected chi connectivity index (χ2v) is 4.96. The van der Waals surface area contributed by atoms with Crippen molar-refractivity contribution < 1.29 is 0 Å². The largest absolute Gasteiger partial charge is 0.294 e. The van der Waals surface area contributed by atoms with Crippen LogP contribution in [0.4, 0.5) is 0 Å². The summed E-state index contributed by atoms with van der Waals surface area (Å²) < 4.78 is 0. The maximum Gasteiger partial charge on any atom is 0.0530 e. The Kier molecular flexibility index (Phi) is 6.55. The van der Waals surface area contributed by atoms with E-state index < -0.39 is 0 Å². The molecule has 0 aliphatic rings. The van der Waals surface area contributed by atoms with E-state index in [1.165, 1.54) is 5.57 Å². The average Bonchev–Trinajstić information content (AvgIpc) is 2.22. The van der Waals surface area contributed by atoms with Crippen molar-refractivity contribution in [2.45, 2.75) is 54.5 Å². The fourth-order valence-corrected chi connectivity index (χ4v) is 1.22. The smallest absolute Gasteiger partial charge is 0.0530 e. The van der Waals surface area contributed by atoms with Crippen LogP contribution in [0.3, 0.4) is 0 Å². The van der Waals surface area contributed by atoms with Gasteiger partial charge in [-0.3, -0.25) is 4.99 Å². The molecule has 0 aliphatic heterocycles. The van der Waals surface area contributed by atoms with E-state index in [-0.39, 0.29) is 0 Å². The van der Waals surface area contributed by atoms with Crippen LogP contribution in [0.2, 0.25) is 0 Å². The quantitative estimate of drug-likeness (QED) is 0.472. The summed E-state index contributed by atoms with van der Waals surface area (Å²) >= 11 is 0. The van der Waals surface area contributed by atoms with Crippen LogP contribution in [-0.4, -0.2) is 12.3 Å². The normalized spacial score (nSPS) is 19.6. The Morgan fingerprint density at radius 3 is 2.00 bits per heavy atom. The summed E-state index contributed by atoms with van der Waals surface area (Å²) in [6.07, 6.45) is 4.30. The molecule has 0 aromatic carbocycles. The van der Waals surface area contributed by atoms with Crippen molar-refractivity contribution in [2.75, 3.05) is 0 Å². The maximum absolute atomic E-state index is 4.65. The first-order chi connectivity index (χ1) is 6.90. The average molecular weight is 209 g/mol. The molecule has 0 aromatic heterocycles. The van der Waals surface area contributed by atoms with E-state index in [1.807, 2.05) is 0 Å². The number of aliphatic imine (C=N–C) groups is 1. The molecular formula is C14H27N. The zero-order valence-corrected chi connectivity index (χ0v) is 11.4. The molecule has 88 valence electrons. The van der Waals surface area contributed by atoms with E-state index in [1.54, 1.807) is 0 Å². The summed E-state index contributed by atoms with van der Waals surface area (Å²) in [6.45, 7) is 15.4. The molecule has 0 saturated heterocycles. The highest BCUT2D eigenvalue weighted by molar-refractivity contribution is 5.60. The van der Waals surface area contributed by atoms with Gasteiger partial charge < -0.3 is 0 Å². The predicted molar refractivity (Wildman–Crippen MR) is 70.6 cm³/mol. The third-order valence-electron chi connectivity index (χ3n) is 3.51. The van der Waals surface area contributed by atoms with Crippen molar-refractivity contribution in [3.8, 4) is 0 Å². The third-order valence-corrected chi connectivity index (χ3v) is 3.51. The molecule has 3 atom stereocenters. The number of hydrogen-bond acceptors (Lipinski definition) is 1. The molecule has 0 aromatic rings. The topological polar surface area (TPSA) is 12.4 Å². The Morgan fingerprint density at radius 2 is 1.60 bits per heavy atom. The monoisotopic (exact) mass is 209 g/mol. The lowest BCUT2D eigenvalue weighted by molar-refractivity contribution is 0.522. The molecule has 0 rings (SSSR count). The molecule has 0 radical (unpaired) electrons. The van der Waals surface area contributed by atoms with Crippen LogP contribution >= 0.6 is 0 Å². The van der Waals surface area contributed by atoms with E-state index in [0.29, 0.717) is 23.8 Å². The SMILES string of the molecule is C/C=C(\C)C(C)C(C)N=CC(C)C(C)C. The zero-order valence-electron chi connectivity index (χ0n) is 11.4. The van der Waals surface area contributed by atoms with Gasteiger partial charge in [0.05, 0.1) is 6.04 Å². The Hall–Kier alpha value is -0.590. The van der Waals surface area contributed by atoms with E-state index in [9.17, 15) is 0 Å². The number of nitrogens with zero attached hydrogens (tertiary/aromatic N) is 1. The number of hydrogen-bond donors (Lipinski definition) is 0. The van der Waals surface area contributed by atoms with E-state index >= 15 is 0 Å². The molecule has 0 fully saturated rings. The Bertz CT molecular complexity index is 225. The number of allylic oxidation sites excluding steroid dienone is 1. The summed E-state index contributed by atoms with van der Waals surface area (Å²) in [5.74, 6) is 1.80. The Labute approximate surface area is 95.7 Å². The van der Waals surface area contributed by atoms with Gasteiger partial charge in [0.1, 0.15) is 0 Å². The summed E-state index contributed by atoms with van der Waals surface area (Å²) in [5, 5.41) is 0. The molecule has 0 aliphatic carbocycles. The van der Waals surface area contributed by atoms with Gasteiger partial charge in [0.25, 0.3) is 0 Å². The Balaban J connectivity index is 4.30. The van der Waals surface area contributed by atoms with Crippen LogP contribution in [-0.2, 0) is 0 Å². The standard InChI is InChI=1S/C14H27N/c1-8-11(4)13(6)14(7)15-9-12(5)10(2)3/h8-10,12-14H,1-7H3/b11-8+,15-9?. The molecule has 15 heavy (non-hydrogen) atoms. The molecule has 0 N–H and O–H groups in total. The first-order valence-corrected chi connectivity index (χ1v) is 6.06. The zero-order chi connectivity index (χ0) is 12.0. The minimum Gasteiger partial charge on any atom is -0.294 e. The van der Waals surface area contributed by atoms with Crippen molar-refractivity contribution in [1.29, 1.82) is 0 Å². The van der Waals surface area contributed by atoms with Crippen LogP contribution in [0, 0.1) is 17.8 Å².